The number of nitrogens with zero attached hydrogens (tertiary/aromatic N) is 4. The summed E-state index contributed by atoms with van der Waals surface area (Å²) in [7, 11) is 0. The summed E-state index contributed by atoms with van der Waals surface area (Å²) in [5, 5.41) is 0. The molecular weight excluding hydrogens is 270 g/mol. The fourth-order valence-electron chi connectivity index (χ4n) is 3.11. The normalized spacial score (nSPS) is 30.7. The second-order valence-electron chi connectivity index (χ2n) is 6.07. The van der Waals surface area contributed by atoms with Crippen LogP contribution >= 0.6 is 0 Å². The Balaban J connectivity index is 1.67. The third-order valence-electron chi connectivity index (χ3n) is 4.03. The predicted molar refractivity (Wildman–Crippen MR) is 76.4 cm³/mol. The van der Waals surface area contributed by atoms with E-state index in [1.165, 1.54) is 6.33 Å². The molecule has 1 aliphatic heterocycles. The smallest absolute Gasteiger partial charge is 0.165 e. The lowest BCUT2D eigenvalue weighted by molar-refractivity contribution is -0.152. The molecule has 2 atom stereocenters. The summed E-state index contributed by atoms with van der Waals surface area (Å²) in [6.45, 7) is 4.43. The van der Waals surface area contributed by atoms with E-state index in [9.17, 15) is 0 Å². The third-order valence-corrected chi connectivity index (χ3v) is 4.03. The topological polar surface area (TPSA) is 88.1 Å². The Hall–Kier alpha value is -1.99. The SMILES string of the molecule is CC1(C)OC[C@@]2(C=C[C@H](n3cnc4c(N)ncnc43)C2)O1. The molecule has 3 heterocycles. The van der Waals surface area contributed by atoms with Gasteiger partial charge in [0.1, 0.15) is 17.4 Å². The summed E-state index contributed by atoms with van der Waals surface area (Å²) < 4.78 is 13.8. The number of allylic oxidation sites excluding steroid dienone is 1. The van der Waals surface area contributed by atoms with Gasteiger partial charge in [0.05, 0.1) is 19.0 Å². The van der Waals surface area contributed by atoms with Crippen molar-refractivity contribution in [2.24, 2.45) is 0 Å². The van der Waals surface area contributed by atoms with Gasteiger partial charge >= 0.3 is 0 Å². The van der Waals surface area contributed by atoms with Gasteiger partial charge in [-0.25, -0.2) is 15.0 Å². The highest BCUT2D eigenvalue weighted by Gasteiger charge is 2.47. The molecular formula is C14H17N5O2. The zero-order valence-electron chi connectivity index (χ0n) is 12.0. The Labute approximate surface area is 121 Å². The number of rotatable bonds is 1. The van der Waals surface area contributed by atoms with Gasteiger partial charge in [0.2, 0.25) is 0 Å². The Kier molecular flexibility index (Phi) is 2.44. The van der Waals surface area contributed by atoms with Gasteiger partial charge in [0.25, 0.3) is 0 Å². The number of anilines is 1. The van der Waals surface area contributed by atoms with Gasteiger partial charge in [0, 0.05) is 6.42 Å². The molecule has 2 aromatic rings. The fraction of sp³-hybridized carbons (Fsp3) is 0.500. The first-order chi connectivity index (χ1) is 9.98. The van der Waals surface area contributed by atoms with E-state index >= 15 is 0 Å². The van der Waals surface area contributed by atoms with Crippen LogP contribution in [-0.2, 0) is 9.47 Å². The minimum absolute atomic E-state index is 0.127. The number of aromatic nitrogens is 4. The van der Waals surface area contributed by atoms with Crippen molar-refractivity contribution in [2.45, 2.75) is 37.7 Å². The molecule has 0 bridgehead atoms. The van der Waals surface area contributed by atoms with E-state index in [-0.39, 0.29) is 11.6 Å². The molecule has 7 nitrogen and oxygen atoms in total. The molecule has 2 aliphatic rings. The van der Waals surface area contributed by atoms with Crippen LogP contribution in [0.15, 0.2) is 24.8 Å². The van der Waals surface area contributed by atoms with Crippen LogP contribution in [0.5, 0.6) is 0 Å². The molecule has 1 spiro atoms. The number of hydrogen-bond donors (Lipinski definition) is 1. The highest BCUT2D eigenvalue weighted by atomic mass is 16.8. The third kappa shape index (κ3) is 1.92. The maximum absolute atomic E-state index is 6.06. The number of nitrogens with two attached hydrogens (primary N) is 1. The van der Waals surface area contributed by atoms with Crippen LogP contribution in [0.25, 0.3) is 11.2 Å². The molecule has 110 valence electrons. The van der Waals surface area contributed by atoms with Crippen LogP contribution in [0.3, 0.4) is 0 Å². The van der Waals surface area contributed by atoms with Crippen molar-refractivity contribution >= 4 is 17.0 Å². The first-order valence-corrected chi connectivity index (χ1v) is 6.95. The molecule has 1 fully saturated rings. The average molecular weight is 287 g/mol. The lowest BCUT2D eigenvalue weighted by atomic mass is 10.0. The van der Waals surface area contributed by atoms with Gasteiger partial charge in [-0.15, -0.1) is 0 Å². The van der Waals surface area contributed by atoms with Crippen molar-refractivity contribution in [1.82, 2.24) is 19.5 Å². The van der Waals surface area contributed by atoms with Crippen molar-refractivity contribution in [3.63, 3.8) is 0 Å². The molecule has 0 amide bonds. The van der Waals surface area contributed by atoms with Gasteiger partial charge in [-0.2, -0.15) is 0 Å². The van der Waals surface area contributed by atoms with Crippen LogP contribution in [-0.4, -0.2) is 37.5 Å². The number of imidazole rings is 1. The first kappa shape index (κ1) is 12.7. The van der Waals surface area contributed by atoms with Crippen LogP contribution < -0.4 is 5.73 Å². The molecule has 0 aromatic carbocycles. The Morgan fingerprint density at radius 2 is 2.19 bits per heavy atom. The summed E-state index contributed by atoms with van der Waals surface area (Å²) in [6.07, 6.45) is 8.21. The Bertz CT molecular complexity index is 738. The van der Waals surface area contributed by atoms with Crippen LogP contribution in [0.1, 0.15) is 26.3 Å². The summed E-state index contributed by atoms with van der Waals surface area (Å²) >= 11 is 0. The van der Waals surface area contributed by atoms with Gasteiger partial charge < -0.3 is 19.8 Å². The number of hydrogen-bond acceptors (Lipinski definition) is 6. The Morgan fingerprint density at radius 3 is 2.95 bits per heavy atom. The molecule has 1 saturated heterocycles. The van der Waals surface area contributed by atoms with Crippen LogP contribution in [0.4, 0.5) is 5.82 Å². The summed E-state index contributed by atoms with van der Waals surface area (Å²) in [5.41, 5.74) is 6.85. The average Bonchev–Trinajstić information content (AvgIpc) is 3.08. The van der Waals surface area contributed by atoms with E-state index in [2.05, 4.69) is 27.1 Å². The number of nitrogen functional groups attached to an aromatic ring is 1. The van der Waals surface area contributed by atoms with Gasteiger partial charge in [-0.05, 0) is 13.8 Å². The van der Waals surface area contributed by atoms with E-state index < -0.39 is 5.79 Å². The first-order valence-electron chi connectivity index (χ1n) is 6.95. The second kappa shape index (κ2) is 4.02. The molecule has 0 saturated carbocycles. The lowest BCUT2D eigenvalue weighted by Gasteiger charge is -2.24. The standard InChI is InChI=1S/C14H17N5O2/c1-13(2)20-6-14(21-13)4-3-9(5-14)19-8-18-10-11(15)16-7-17-12(10)19/h3-4,7-9H,5-6H2,1-2H3,(H2,15,16,17)/t9-,14-/m0/s1. The predicted octanol–water partition coefficient (Wildman–Crippen LogP) is 1.43. The zero-order valence-corrected chi connectivity index (χ0v) is 12.0. The molecule has 4 rings (SSSR count). The minimum atomic E-state index is -0.539. The quantitative estimate of drug-likeness (QED) is 0.798. The van der Waals surface area contributed by atoms with E-state index in [0.29, 0.717) is 17.9 Å². The largest absolute Gasteiger partial charge is 0.382 e. The lowest BCUT2D eigenvalue weighted by Crippen LogP contribution is -2.31. The van der Waals surface area contributed by atoms with Crippen LogP contribution in [0.2, 0.25) is 0 Å². The number of ether oxygens (including phenoxy) is 2. The molecule has 0 radical (unpaired) electrons. The van der Waals surface area contributed by atoms with Crippen molar-refractivity contribution in [2.75, 3.05) is 12.3 Å². The highest BCUT2D eigenvalue weighted by molar-refractivity contribution is 5.81. The van der Waals surface area contributed by atoms with E-state index in [0.717, 1.165) is 12.1 Å². The van der Waals surface area contributed by atoms with Crippen molar-refractivity contribution in [1.29, 1.82) is 0 Å². The number of fused-ring (bicyclic) bond motifs is 1. The van der Waals surface area contributed by atoms with E-state index in [1.807, 2.05) is 18.4 Å². The maximum atomic E-state index is 6.06. The van der Waals surface area contributed by atoms with Gasteiger partial charge in [-0.1, -0.05) is 12.2 Å². The molecule has 2 N–H and O–H groups in total. The zero-order chi connectivity index (χ0) is 14.7. The highest BCUT2D eigenvalue weighted by Crippen LogP contribution is 2.42. The molecule has 2 aromatic heterocycles. The van der Waals surface area contributed by atoms with Gasteiger partial charge in [-0.3, -0.25) is 0 Å². The molecule has 7 heteroatoms. The second-order valence-corrected chi connectivity index (χ2v) is 6.07. The maximum Gasteiger partial charge on any atom is 0.165 e. The fourth-order valence-corrected chi connectivity index (χ4v) is 3.11. The molecule has 21 heavy (non-hydrogen) atoms. The van der Waals surface area contributed by atoms with E-state index in [1.54, 1.807) is 6.33 Å². The molecule has 1 aliphatic carbocycles. The van der Waals surface area contributed by atoms with E-state index in [4.69, 9.17) is 15.2 Å². The molecule has 0 unspecified atom stereocenters. The van der Waals surface area contributed by atoms with Gasteiger partial charge in [0.15, 0.2) is 17.3 Å². The summed E-state index contributed by atoms with van der Waals surface area (Å²) in [4.78, 5) is 12.6. The summed E-state index contributed by atoms with van der Waals surface area (Å²) in [6, 6.07) is 0.127. The Morgan fingerprint density at radius 1 is 1.33 bits per heavy atom. The van der Waals surface area contributed by atoms with Crippen LogP contribution in [0, 0.1) is 0 Å². The van der Waals surface area contributed by atoms with Crippen molar-refractivity contribution in [3.8, 4) is 0 Å². The minimum Gasteiger partial charge on any atom is -0.382 e. The monoisotopic (exact) mass is 287 g/mol. The van der Waals surface area contributed by atoms with Crippen molar-refractivity contribution < 1.29 is 9.47 Å². The summed E-state index contributed by atoms with van der Waals surface area (Å²) in [5.74, 6) is -0.139. The van der Waals surface area contributed by atoms with Crippen molar-refractivity contribution in [3.05, 3.63) is 24.8 Å².